The van der Waals surface area contributed by atoms with Crippen LogP contribution >= 0.6 is 0 Å². The number of aryl methyl sites for hydroxylation is 2. The maximum atomic E-state index is 7.73. The molecule has 0 aliphatic heterocycles. The van der Waals surface area contributed by atoms with Gasteiger partial charge in [-0.2, -0.15) is 0 Å². The van der Waals surface area contributed by atoms with Crippen LogP contribution in [-0.2, 0) is 20.1 Å². The fourth-order valence-electron chi connectivity index (χ4n) is 4.02. The van der Waals surface area contributed by atoms with Crippen LogP contribution in [0.3, 0.4) is 0 Å². The van der Waals surface area contributed by atoms with Crippen molar-refractivity contribution in [2.45, 2.75) is 31.0 Å². The van der Waals surface area contributed by atoms with Crippen LogP contribution in [-0.4, -0.2) is 23.2 Å². The third-order valence-electron chi connectivity index (χ3n) is 6.11. The minimum absolute atomic E-state index is 0. The standard InChI is InChI=1S/C19H14NO.C14H16GeN.Ir/c1-12-10-17(20-11-13(12)2)16-8-5-7-15-14-6-3-4-9-18(14)21-19(15)16;1-15(2,3)13-9-10-14(16-11-13)12-7-5-4-6-8-12;/h3-7,9-11H,1-2H3;4-7,9-11H,1-3H3;/q2*-1;/i1D3,2D3;;. The van der Waals surface area contributed by atoms with E-state index in [-0.39, 0.29) is 31.2 Å². The molecule has 0 aliphatic carbocycles. The van der Waals surface area contributed by atoms with Crippen LogP contribution in [0.5, 0.6) is 0 Å². The van der Waals surface area contributed by atoms with Gasteiger partial charge in [-0.15, -0.1) is 18.2 Å². The summed E-state index contributed by atoms with van der Waals surface area (Å²) in [6.45, 7) is -5.15. The predicted octanol–water partition coefficient (Wildman–Crippen LogP) is 8.16. The number of fused-ring (bicyclic) bond motifs is 3. The largest absolute Gasteiger partial charge is 0 e. The second-order valence-electron chi connectivity index (χ2n) is 9.77. The Morgan fingerprint density at radius 3 is 2.26 bits per heavy atom. The van der Waals surface area contributed by atoms with E-state index in [4.69, 9.17) is 12.6 Å². The van der Waals surface area contributed by atoms with Crippen molar-refractivity contribution >= 4 is 39.6 Å². The van der Waals surface area contributed by atoms with Crippen LogP contribution in [0.15, 0.2) is 95.7 Å². The molecule has 0 bridgehead atoms. The monoisotopic (exact) mass is 743 g/mol. The number of pyridine rings is 2. The Morgan fingerprint density at radius 1 is 0.763 bits per heavy atom. The molecule has 1 radical (unpaired) electrons. The molecule has 3 nitrogen and oxygen atoms in total. The predicted molar refractivity (Wildman–Crippen MR) is 157 cm³/mol. The molecule has 0 unspecified atom stereocenters. The molecule has 193 valence electrons. The summed E-state index contributed by atoms with van der Waals surface area (Å²) in [6, 6.07) is 31.0. The second kappa shape index (κ2) is 11.8. The molecule has 0 amide bonds. The summed E-state index contributed by atoms with van der Waals surface area (Å²) in [7, 11) is 0. The Balaban J connectivity index is 0.000000223. The number of aromatic nitrogens is 2. The van der Waals surface area contributed by atoms with E-state index in [1.165, 1.54) is 10.5 Å². The van der Waals surface area contributed by atoms with Gasteiger partial charge in [-0.05, 0) is 31.0 Å². The summed E-state index contributed by atoms with van der Waals surface area (Å²) in [5, 5.41) is 1.79. The van der Waals surface area contributed by atoms with E-state index in [2.05, 4.69) is 51.5 Å². The van der Waals surface area contributed by atoms with Gasteiger partial charge in [0.1, 0.15) is 5.58 Å². The summed E-state index contributed by atoms with van der Waals surface area (Å²) in [6.07, 6.45) is 3.15. The minimum atomic E-state index is -2.58. The van der Waals surface area contributed by atoms with Gasteiger partial charge in [0.15, 0.2) is 0 Å². The van der Waals surface area contributed by atoms with Crippen LogP contribution in [0.4, 0.5) is 0 Å². The molecule has 0 N–H and O–H groups in total. The Kier molecular flexibility index (Phi) is 6.46. The SMILES string of the molecule is [2H]C([2H])([2H])c1cnc(-c2[c-]ccc3c2oc2ccccc23)cc1C([2H])([2H])[2H].[CH3][Ge]([CH3])([CH3])[c]1ccc(-c2[c-]cccc2)nc1.[Ir]. The summed E-state index contributed by atoms with van der Waals surface area (Å²) in [5.41, 5.74) is 3.58. The first-order valence-corrected chi connectivity index (χ1v) is 19.3. The quantitative estimate of drug-likeness (QED) is 0.136. The summed E-state index contributed by atoms with van der Waals surface area (Å²) in [4.78, 5) is 8.74. The second-order valence-corrected chi connectivity index (χ2v) is 20.4. The number of rotatable bonds is 3. The molecular weight excluding hydrogens is 705 g/mol. The van der Waals surface area contributed by atoms with Crippen molar-refractivity contribution < 1.29 is 32.7 Å². The van der Waals surface area contributed by atoms with Gasteiger partial charge in [-0.3, -0.25) is 0 Å². The molecule has 3 aromatic carbocycles. The van der Waals surface area contributed by atoms with Crippen molar-refractivity contribution in [1.82, 2.24) is 9.97 Å². The van der Waals surface area contributed by atoms with Crippen LogP contribution in [0.25, 0.3) is 44.5 Å². The molecule has 0 aliphatic rings. The first kappa shape index (κ1) is 20.9. The first-order valence-electron chi connectivity index (χ1n) is 15.0. The third-order valence-corrected chi connectivity index (χ3v) is 10.4. The zero-order chi connectivity index (χ0) is 31.0. The fourth-order valence-corrected chi connectivity index (χ4v) is 6.19. The molecule has 6 rings (SSSR count). The molecule has 0 atom stereocenters. The van der Waals surface area contributed by atoms with E-state index in [1.54, 1.807) is 6.07 Å². The van der Waals surface area contributed by atoms with E-state index in [0.29, 0.717) is 22.4 Å². The van der Waals surface area contributed by atoms with Crippen LogP contribution in [0, 0.1) is 25.8 Å². The Morgan fingerprint density at radius 2 is 1.55 bits per heavy atom. The number of hydrogen-bond donors (Lipinski definition) is 0. The Bertz CT molecular complexity index is 1880. The van der Waals surface area contributed by atoms with Gasteiger partial charge in [0.2, 0.25) is 0 Å². The zero-order valence-electron chi connectivity index (χ0n) is 27.3. The number of hydrogen-bond acceptors (Lipinski definition) is 3. The molecule has 0 fully saturated rings. The number of benzene rings is 3. The van der Waals surface area contributed by atoms with Gasteiger partial charge < -0.3 is 9.40 Å². The van der Waals surface area contributed by atoms with Crippen molar-refractivity contribution in [3.05, 3.63) is 115 Å². The maximum absolute atomic E-state index is 7.73. The van der Waals surface area contributed by atoms with Crippen LogP contribution in [0.1, 0.15) is 19.4 Å². The van der Waals surface area contributed by atoms with Crippen molar-refractivity contribution in [3.63, 3.8) is 0 Å². The van der Waals surface area contributed by atoms with Gasteiger partial charge in [0.05, 0.1) is 5.58 Å². The minimum Gasteiger partial charge on any atom is 0 e. The van der Waals surface area contributed by atoms with Gasteiger partial charge in [-0.1, -0.05) is 40.8 Å². The normalized spacial score (nSPS) is 14.1. The van der Waals surface area contributed by atoms with Crippen molar-refractivity contribution in [1.29, 1.82) is 0 Å². The molecule has 38 heavy (non-hydrogen) atoms. The zero-order valence-corrected chi connectivity index (χ0v) is 25.8. The van der Waals surface area contributed by atoms with Gasteiger partial charge >= 0.3 is 99.8 Å². The molecular formula is C33H30GeIrN2O-2. The van der Waals surface area contributed by atoms with Crippen molar-refractivity contribution in [2.75, 3.05) is 0 Å². The molecule has 0 spiro atoms. The van der Waals surface area contributed by atoms with Gasteiger partial charge in [0, 0.05) is 39.9 Å². The van der Waals surface area contributed by atoms with E-state index in [1.807, 2.05) is 60.8 Å². The van der Waals surface area contributed by atoms with E-state index < -0.39 is 27.0 Å². The molecule has 3 aromatic heterocycles. The van der Waals surface area contributed by atoms with E-state index in [9.17, 15) is 0 Å². The van der Waals surface area contributed by atoms with Gasteiger partial charge in [-0.25, -0.2) is 0 Å². The van der Waals surface area contributed by atoms with Gasteiger partial charge in [0.25, 0.3) is 0 Å². The molecule has 5 heteroatoms. The fraction of sp³-hybridized carbons (Fsp3) is 0.152. The van der Waals surface area contributed by atoms with Crippen molar-refractivity contribution in [2.24, 2.45) is 0 Å². The number of para-hydroxylation sites is 1. The number of furan rings is 1. The Labute approximate surface area is 249 Å². The Hall–Kier alpha value is -3.05. The van der Waals surface area contributed by atoms with E-state index >= 15 is 0 Å². The maximum Gasteiger partial charge on any atom is 0 e. The molecule has 3 heterocycles. The average Bonchev–Trinajstić information content (AvgIpc) is 3.35. The first-order chi connectivity index (χ1) is 20.2. The third kappa shape index (κ3) is 5.99. The topological polar surface area (TPSA) is 38.9 Å². The van der Waals surface area contributed by atoms with E-state index in [0.717, 1.165) is 28.2 Å². The summed E-state index contributed by atoms with van der Waals surface area (Å²) in [5.74, 6) is 7.14. The van der Waals surface area contributed by atoms with Crippen LogP contribution in [0.2, 0.25) is 17.3 Å². The summed E-state index contributed by atoms with van der Waals surface area (Å²) >= 11 is -1.72. The number of nitrogens with zero attached hydrogens (tertiary/aromatic N) is 2. The summed E-state index contributed by atoms with van der Waals surface area (Å²) < 4.78 is 53.3. The van der Waals surface area contributed by atoms with Crippen molar-refractivity contribution in [3.8, 4) is 22.5 Å². The smallest absolute Gasteiger partial charge is 0 e. The molecule has 6 aromatic rings. The molecule has 0 saturated carbocycles. The average molecular weight is 741 g/mol. The van der Waals surface area contributed by atoms with Crippen LogP contribution < -0.4 is 4.40 Å². The molecule has 0 saturated heterocycles.